The van der Waals surface area contributed by atoms with Crippen molar-refractivity contribution in [2.75, 3.05) is 37.7 Å². The average molecular weight is 283 g/mol. The van der Waals surface area contributed by atoms with Gasteiger partial charge < -0.3 is 16.0 Å². The van der Waals surface area contributed by atoms with Gasteiger partial charge in [-0.25, -0.2) is 4.39 Å². The molecule has 1 amide bonds. The van der Waals surface area contributed by atoms with Crippen molar-refractivity contribution in [3.05, 3.63) is 24.0 Å². The van der Waals surface area contributed by atoms with Crippen LogP contribution in [0.2, 0.25) is 0 Å². The van der Waals surface area contributed by atoms with Gasteiger partial charge in [0.05, 0.1) is 5.75 Å². The molecular formula is C13H18FN3OS. The summed E-state index contributed by atoms with van der Waals surface area (Å²) >= 11 is 1.29. The van der Waals surface area contributed by atoms with E-state index in [1.807, 2.05) is 4.90 Å². The summed E-state index contributed by atoms with van der Waals surface area (Å²) in [4.78, 5) is 14.5. The van der Waals surface area contributed by atoms with Gasteiger partial charge in [-0.2, -0.15) is 0 Å². The Balaban J connectivity index is 1.90. The van der Waals surface area contributed by atoms with Gasteiger partial charge in [0.2, 0.25) is 5.91 Å². The van der Waals surface area contributed by atoms with E-state index in [0.717, 1.165) is 32.6 Å². The maximum atomic E-state index is 13.1. The Kier molecular flexibility index (Phi) is 5.04. The smallest absolute Gasteiger partial charge is 0.232 e. The monoisotopic (exact) mass is 283 g/mol. The molecule has 1 fully saturated rings. The predicted molar refractivity (Wildman–Crippen MR) is 75.6 cm³/mol. The summed E-state index contributed by atoms with van der Waals surface area (Å²) < 4.78 is 13.1. The predicted octanol–water partition coefficient (Wildman–Crippen LogP) is 1.32. The van der Waals surface area contributed by atoms with Crippen molar-refractivity contribution in [2.45, 2.75) is 11.3 Å². The van der Waals surface area contributed by atoms with Crippen molar-refractivity contribution >= 4 is 23.4 Å². The van der Waals surface area contributed by atoms with Gasteiger partial charge in [-0.3, -0.25) is 4.79 Å². The van der Waals surface area contributed by atoms with Crippen LogP contribution in [-0.4, -0.2) is 42.7 Å². The number of nitrogen functional groups attached to an aromatic ring is 1. The highest BCUT2D eigenvalue weighted by molar-refractivity contribution is 8.00. The number of carbonyl (C=O) groups excluding carboxylic acids is 1. The Labute approximate surface area is 116 Å². The Morgan fingerprint density at radius 2 is 2.26 bits per heavy atom. The van der Waals surface area contributed by atoms with Gasteiger partial charge in [0, 0.05) is 30.2 Å². The second-order valence-electron chi connectivity index (χ2n) is 4.46. The van der Waals surface area contributed by atoms with Crippen molar-refractivity contribution < 1.29 is 9.18 Å². The van der Waals surface area contributed by atoms with Gasteiger partial charge in [-0.05, 0) is 31.2 Å². The molecule has 19 heavy (non-hydrogen) atoms. The third-order valence-electron chi connectivity index (χ3n) is 3.02. The Bertz CT molecular complexity index is 448. The summed E-state index contributed by atoms with van der Waals surface area (Å²) in [6, 6.07) is 4.22. The number of amides is 1. The Morgan fingerprint density at radius 1 is 1.42 bits per heavy atom. The molecule has 0 aliphatic carbocycles. The van der Waals surface area contributed by atoms with E-state index in [1.165, 1.54) is 30.0 Å². The lowest BCUT2D eigenvalue weighted by Crippen LogP contribution is -2.35. The number of carbonyl (C=O) groups is 1. The molecule has 6 heteroatoms. The first-order valence-electron chi connectivity index (χ1n) is 6.33. The van der Waals surface area contributed by atoms with E-state index >= 15 is 0 Å². The lowest BCUT2D eigenvalue weighted by Gasteiger charge is -2.19. The van der Waals surface area contributed by atoms with E-state index in [9.17, 15) is 9.18 Å². The van der Waals surface area contributed by atoms with Crippen molar-refractivity contribution in [3.63, 3.8) is 0 Å². The van der Waals surface area contributed by atoms with Crippen LogP contribution in [0.1, 0.15) is 6.42 Å². The second-order valence-corrected chi connectivity index (χ2v) is 5.47. The normalized spacial score (nSPS) is 16.2. The maximum absolute atomic E-state index is 13.1. The molecule has 1 saturated heterocycles. The zero-order chi connectivity index (χ0) is 13.7. The molecule has 2 rings (SSSR count). The quantitative estimate of drug-likeness (QED) is 0.649. The van der Waals surface area contributed by atoms with Gasteiger partial charge in [0.25, 0.3) is 0 Å². The molecule has 1 aromatic carbocycles. The van der Waals surface area contributed by atoms with Crippen LogP contribution in [0.25, 0.3) is 0 Å². The number of nitrogens with zero attached hydrogens (tertiary/aromatic N) is 1. The number of hydrogen-bond acceptors (Lipinski definition) is 4. The molecule has 1 aromatic rings. The molecule has 0 unspecified atom stereocenters. The largest absolute Gasteiger partial charge is 0.398 e. The van der Waals surface area contributed by atoms with Crippen LogP contribution in [-0.2, 0) is 4.79 Å². The fourth-order valence-electron chi connectivity index (χ4n) is 1.96. The van der Waals surface area contributed by atoms with E-state index in [4.69, 9.17) is 5.73 Å². The molecule has 3 N–H and O–H groups in total. The molecule has 0 saturated carbocycles. The summed E-state index contributed by atoms with van der Waals surface area (Å²) in [5, 5.41) is 3.25. The zero-order valence-electron chi connectivity index (χ0n) is 10.7. The molecule has 1 aliphatic rings. The summed E-state index contributed by atoms with van der Waals surface area (Å²) in [5.41, 5.74) is 6.27. The first kappa shape index (κ1) is 14.1. The first-order valence-corrected chi connectivity index (χ1v) is 7.31. The number of anilines is 1. The topological polar surface area (TPSA) is 58.4 Å². The number of halogens is 1. The van der Waals surface area contributed by atoms with Crippen LogP contribution in [0, 0.1) is 5.82 Å². The lowest BCUT2D eigenvalue weighted by molar-refractivity contribution is -0.128. The van der Waals surface area contributed by atoms with Crippen molar-refractivity contribution in [3.8, 4) is 0 Å². The number of nitrogens with one attached hydrogen (secondary N) is 1. The van der Waals surface area contributed by atoms with Crippen LogP contribution in [0.15, 0.2) is 23.1 Å². The maximum Gasteiger partial charge on any atom is 0.232 e. The third kappa shape index (κ3) is 4.11. The molecule has 1 heterocycles. The van der Waals surface area contributed by atoms with E-state index in [-0.39, 0.29) is 11.7 Å². The number of nitrogens with two attached hydrogens (primary N) is 1. The number of rotatable bonds is 3. The SMILES string of the molecule is Nc1ccc(F)cc1SCC(=O)N1CCCNCC1. The third-order valence-corrected chi connectivity index (χ3v) is 4.08. The highest BCUT2D eigenvalue weighted by Crippen LogP contribution is 2.25. The van der Waals surface area contributed by atoms with Crippen LogP contribution in [0.4, 0.5) is 10.1 Å². The minimum Gasteiger partial charge on any atom is -0.398 e. The van der Waals surface area contributed by atoms with Crippen LogP contribution in [0.3, 0.4) is 0 Å². The Hall–Kier alpha value is -1.27. The summed E-state index contributed by atoms with van der Waals surface area (Å²) in [5.74, 6) is 0.0497. The first-order chi connectivity index (χ1) is 9.16. The van der Waals surface area contributed by atoms with Crippen LogP contribution < -0.4 is 11.1 Å². The molecule has 0 aromatic heterocycles. The second kappa shape index (κ2) is 6.77. The van der Waals surface area contributed by atoms with E-state index in [1.54, 1.807) is 0 Å². The average Bonchev–Trinajstić information content (AvgIpc) is 2.68. The van der Waals surface area contributed by atoms with Crippen LogP contribution >= 0.6 is 11.8 Å². The summed E-state index contributed by atoms with van der Waals surface area (Å²) in [6.07, 6.45) is 0.971. The molecule has 0 atom stereocenters. The summed E-state index contributed by atoms with van der Waals surface area (Å²) in [6.45, 7) is 3.30. The fraction of sp³-hybridized carbons (Fsp3) is 0.462. The van der Waals surface area contributed by atoms with Gasteiger partial charge in [0.15, 0.2) is 0 Å². The standard InChI is InChI=1S/C13H18FN3OS/c14-10-2-3-11(15)12(8-10)19-9-13(18)17-6-1-4-16-5-7-17/h2-3,8,16H,1,4-7,9,15H2. The molecular weight excluding hydrogens is 265 g/mol. The van der Waals surface area contributed by atoms with E-state index in [0.29, 0.717) is 16.3 Å². The zero-order valence-corrected chi connectivity index (χ0v) is 11.5. The van der Waals surface area contributed by atoms with Gasteiger partial charge >= 0.3 is 0 Å². The minimum absolute atomic E-state index is 0.0809. The highest BCUT2D eigenvalue weighted by atomic mass is 32.2. The molecule has 0 spiro atoms. The number of benzene rings is 1. The molecule has 1 aliphatic heterocycles. The number of hydrogen-bond donors (Lipinski definition) is 2. The minimum atomic E-state index is -0.330. The van der Waals surface area contributed by atoms with E-state index < -0.39 is 0 Å². The molecule has 0 bridgehead atoms. The van der Waals surface area contributed by atoms with Crippen molar-refractivity contribution in [1.29, 1.82) is 0 Å². The van der Waals surface area contributed by atoms with Crippen molar-refractivity contribution in [1.82, 2.24) is 10.2 Å². The Morgan fingerprint density at radius 3 is 3.11 bits per heavy atom. The molecule has 4 nitrogen and oxygen atoms in total. The molecule has 0 radical (unpaired) electrons. The highest BCUT2D eigenvalue weighted by Gasteiger charge is 2.15. The van der Waals surface area contributed by atoms with Gasteiger partial charge in [0.1, 0.15) is 5.82 Å². The van der Waals surface area contributed by atoms with Gasteiger partial charge in [-0.15, -0.1) is 11.8 Å². The van der Waals surface area contributed by atoms with E-state index in [2.05, 4.69) is 5.32 Å². The summed E-state index contributed by atoms with van der Waals surface area (Å²) in [7, 11) is 0. The van der Waals surface area contributed by atoms with Gasteiger partial charge in [-0.1, -0.05) is 0 Å². The lowest BCUT2D eigenvalue weighted by atomic mass is 10.3. The van der Waals surface area contributed by atoms with Crippen molar-refractivity contribution in [2.24, 2.45) is 0 Å². The molecule has 104 valence electrons. The number of thioether (sulfide) groups is 1. The van der Waals surface area contributed by atoms with Crippen LogP contribution in [0.5, 0.6) is 0 Å². The fourth-order valence-corrected chi connectivity index (χ4v) is 2.85.